The van der Waals surface area contributed by atoms with Crippen LogP contribution in [0, 0.1) is 13.8 Å². The Morgan fingerprint density at radius 2 is 1.81 bits per heavy atom. The SMILES string of the molecule is Cc1ccccc1-n1ncc(C(=O)Nc2ccc(-n3ccnc3C)nc2)c1C(F)(F)F. The van der Waals surface area contributed by atoms with E-state index in [0.29, 0.717) is 11.4 Å². The lowest BCUT2D eigenvalue weighted by Crippen LogP contribution is -2.21. The molecule has 3 heterocycles. The third kappa shape index (κ3) is 3.91. The highest BCUT2D eigenvalue weighted by Crippen LogP contribution is 2.34. The number of hydrogen-bond donors (Lipinski definition) is 1. The van der Waals surface area contributed by atoms with Crippen LogP contribution in [0.5, 0.6) is 0 Å². The highest BCUT2D eigenvalue weighted by atomic mass is 19.4. The second kappa shape index (κ2) is 7.71. The fourth-order valence-electron chi connectivity index (χ4n) is 3.19. The van der Waals surface area contributed by atoms with Gasteiger partial charge in [0.25, 0.3) is 5.91 Å². The second-order valence-corrected chi connectivity index (χ2v) is 6.81. The molecule has 0 unspecified atom stereocenters. The van der Waals surface area contributed by atoms with Gasteiger partial charge in [-0.15, -0.1) is 0 Å². The first-order chi connectivity index (χ1) is 14.8. The first kappa shape index (κ1) is 20.3. The van der Waals surface area contributed by atoms with Crippen LogP contribution in [0.25, 0.3) is 11.5 Å². The molecular weight excluding hydrogens is 409 g/mol. The topological polar surface area (TPSA) is 77.6 Å². The van der Waals surface area contributed by atoms with Crippen LogP contribution in [-0.4, -0.2) is 30.2 Å². The minimum absolute atomic E-state index is 0.246. The minimum atomic E-state index is -4.79. The molecule has 0 radical (unpaired) electrons. The molecule has 3 aromatic heterocycles. The number of hydrogen-bond acceptors (Lipinski definition) is 4. The average Bonchev–Trinajstić information content (AvgIpc) is 3.35. The van der Waals surface area contributed by atoms with Gasteiger partial charge in [-0.2, -0.15) is 18.3 Å². The van der Waals surface area contributed by atoms with Gasteiger partial charge in [0.15, 0.2) is 5.69 Å². The lowest BCUT2D eigenvalue weighted by Gasteiger charge is -2.14. The number of para-hydroxylation sites is 1. The van der Waals surface area contributed by atoms with Gasteiger partial charge in [0, 0.05) is 12.4 Å². The summed E-state index contributed by atoms with van der Waals surface area (Å²) in [4.78, 5) is 21.0. The van der Waals surface area contributed by atoms with E-state index in [-0.39, 0.29) is 11.4 Å². The molecule has 0 fully saturated rings. The molecular formula is C21H17F3N6O. The highest BCUT2D eigenvalue weighted by molar-refractivity contribution is 6.05. The standard InChI is InChI=1S/C21H17F3N6O/c1-13-5-3-4-6-17(13)30-19(21(22,23)24)16(12-27-30)20(31)28-15-7-8-18(26-11-15)29-10-9-25-14(29)2/h3-12H,1-2H3,(H,28,31). The molecule has 0 saturated carbocycles. The first-order valence-electron chi connectivity index (χ1n) is 9.24. The van der Waals surface area contributed by atoms with Gasteiger partial charge in [-0.3, -0.25) is 9.36 Å². The number of amides is 1. The number of carbonyl (C=O) groups excluding carboxylic acids is 1. The summed E-state index contributed by atoms with van der Waals surface area (Å²) in [6, 6.07) is 9.70. The molecule has 10 heteroatoms. The van der Waals surface area contributed by atoms with E-state index in [2.05, 4.69) is 20.4 Å². The lowest BCUT2D eigenvalue weighted by molar-refractivity contribution is -0.143. The van der Waals surface area contributed by atoms with Crippen LogP contribution < -0.4 is 5.32 Å². The van der Waals surface area contributed by atoms with Gasteiger partial charge < -0.3 is 5.32 Å². The van der Waals surface area contributed by atoms with Crippen molar-refractivity contribution in [2.24, 2.45) is 0 Å². The molecule has 1 N–H and O–H groups in total. The number of pyridine rings is 1. The Labute approximate surface area is 175 Å². The molecule has 158 valence electrons. The monoisotopic (exact) mass is 426 g/mol. The molecule has 0 bridgehead atoms. The van der Waals surface area contributed by atoms with Crippen molar-refractivity contribution in [2.45, 2.75) is 20.0 Å². The predicted octanol–water partition coefficient (Wildman–Crippen LogP) is 4.34. The number of alkyl halides is 3. The van der Waals surface area contributed by atoms with E-state index in [1.54, 1.807) is 54.2 Å². The van der Waals surface area contributed by atoms with Crippen LogP contribution in [0.4, 0.5) is 18.9 Å². The predicted molar refractivity (Wildman–Crippen MR) is 107 cm³/mol. The summed E-state index contributed by atoms with van der Waals surface area (Å²) in [5, 5.41) is 6.30. The van der Waals surface area contributed by atoms with Crippen LogP contribution in [0.3, 0.4) is 0 Å². The van der Waals surface area contributed by atoms with Gasteiger partial charge in [-0.1, -0.05) is 18.2 Å². The Morgan fingerprint density at radius 3 is 2.42 bits per heavy atom. The van der Waals surface area contributed by atoms with Gasteiger partial charge in [0.2, 0.25) is 0 Å². The summed E-state index contributed by atoms with van der Waals surface area (Å²) in [6.07, 6.45) is 0.850. The smallest absolute Gasteiger partial charge is 0.320 e. The Balaban J connectivity index is 1.65. The van der Waals surface area contributed by atoms with Crippen LogP contribution >= 0.6 is 0 Å². The summed E-state index contributed by atoms with van der Waals surface area (Å²) in [6.45, 7) is 3.48. The Morgan fingerprint density at radius 1 is 1.03 bits per heavy atom. The van der Waals surface area contributed by atoms with Gasteiger partial charge in [0.1, 0.15) is 11.6 Å². The summed E-state index contributed by atoms with van der Waals surface area (Å²) in [7, 11) is 0. The maximum atomic E-state index is 13.8. The molecule has 4 rings (SSSR count). The molecule has 0 aliphatic rings. The first-order valence-corrected chi connectivity index (χ1v) is 9.24. The number of anilines is 1. The van der Waals surface area contributed by atoms with E-state index in [9.17, 15) is 18.0 Å². The zero-order chi connectivity index (χ0) is 22.2. The number of aryl methyl sites for hydroxylation is 2. The minimum Gasteiger partial charge on any atom is -0.320 e. The summed E-state index contributed by atoms with van der Waals surface area (Å²) < 4.78 is 44.0. The average molecular weight is 426 g/mol. The molecule has 31 heavy (non-hydrogen) atoms. The van der Waals surface area contributed by atoms with Crippen molar-refractivity contribution >= 4 is 11.6 Å². The van der Waals surface area contributed by atoms with Gasteiger partial charge in [-0.25, -0.2) is 14.6 Å². The van der Waals surface area contributed by atoms with E-state index in [1.807, 2.05) is 6.92 Å². The molecule has 0 aliphatic carbocycles. The quantitative estimate of drug-likeness (QED) is 0.527. The molecule has 1 amide bonds. The summed E-state index contributed by atoms with van der Waals surface area (Å²) >= 11 is 0. The molecule has 0 aliphatic heterocycles. The van der Waals surface area contributed by atoms with Gasteiger partial charge in [0.05, 0.1) is 29.3 Å². The largest absolute Gasteiger partial charge is 0.434 e. The molecule has 1 aromatic carbocycles. The van der Waals surface area contributed by atoms with Gasteiger partial charge in [-0.05, 0) is 37.6 Å². The number of rotatable bonds is 4. The van der Waals surface area contributed by atoms with Crippen molar-refractivity contribution < 1.29 is 18.0 Å². The number of aromatic nitrogens is 5. The summed E-state index contributed by atoms with van der Waals surface area (Å²) in [5.74, 6) is 0.361. The van der Waals surface area contributed by atoms with Crippen molar-refractivity contribution in [2.75, 3.05) is 5.32 Å². The zero-order valence-electron chi connectivity index (χ0n) is 16.6. The number of halogens is 3. The molecule has 7 nitrogen and oxygen atoms in total. The number of carbonyl (C=O) groups is 1. The molecule has 4 aromatic rings. The maximum absolute atomic E-state index is 13.8. The van der Waals surface area contributed by atoms with Gasteiger partial charge >= 0.3 is 6.18 Å². The number of benzene rings is 1. The Bertz CT molecular complexity index is 1240. The fraction of sp³-hybridized carbons (Fsp3) is 0.143. The third-order valence-corrected chi connectivity index (χ3v) is 4.70. The number of imidazole rings is 1. The zero-order valence-corrected chi connectivity index (χ0v) is 16.6. The Kier molecular flexibility index (Phi) is 5.05. The number of nitrogens with one attached hydrogen (secondary N) is 1. The fourth-order valence-corrected chi connectivity index (χ4v) is 3.19. The van der Waals surface area contributed by atoms with Crippen molar-refractivity contribution in [3.05, 3.63) is 83.8 Å². The van der Waals surface area contributed by atoms with E-state index in [1.165, 1.54) is 12.3 Å². The Hall–Kier alpha value is -3.95. The second-order valence-electron chi connectivity index (χ2n) is 6.81. The van der Waals surface area contributed by atoms with Crippen LogP contribution in [0.2, 0.25) is 0 Å². The van der Waals surface area contributed by atoms with E-state index >= 15 is 0 Å². The van der Waals surface area contributed by atoms with Crippen molar-refractivity contribution in [1.29, 1.82) is 0 Å². The maximum Gasteiger partial charge on any atom is 0.434 e. The molecule has 0 saturated heterocycles. The highest BCUT2D eigenvalue weighted by Gasteiger charge is 2.40. The normalized spacial score (nSPS) is 11.5. The number of nitrogens with zero attached hydrogens (tertiary/aromatic N) is 5. The third-order valence-electron chi connectivity index (χ3n) is 4.70. The van der Waals surface area contributed by atoms with Crippen LogP contribution in [-0.2, 0) is 6.18 Å². The van der Waals surface area contributed by atoms with E-state index in [4.69, 9.17) is 0 Å². The summed E-state index contributed by atoms with van der Waals surface area (Å²) in [5.41, 5.74) is -0.625. The van der Waals surface area contributed by atoms with Crippen LogP contribution in [0.15, 0.2) is 61.2 Å². The van der Waals surface area contributed by atoms with Crippen molar-refractivity contribution in [3.8, 4) is 11.5 Å². The van der Waals surface area contributed by atoms with Crippen LogP contribution in [0.1, 0.15) is 27.4 Å². The van der Waals surface area contributed by atoms with Crippen molar-refractivity contribution in [1.82, 2.24) is 24.3 Å². The van der Waals surface area contributed by atoms with E-state index in [0.717, 1.165) is 16.7 Å². The van der Waals surface area contributed by atoms with E-state index < -0.39 is 23.3 Å². The molecule has 0 atom stereocenters. The lowest BCUT2D eigenvalue weighted by atomic mass is 10.1. The van der Waals surface area contributed by atoms with Crippen molar-refractivity contribution in [3.63, 3.8) is 0 Å². The molecule has 0 spiro atoms.